The molecule has 0 aromatic carbocycles. The maximum atomic E-state index is 8.57. The standard InChI is InChI=1S/C6H6Cl2N2O/c7-5-4(1-2-11)3-9-6(8)10-5/h3,11H,1-2H2. The molecule has 0 aliphatic carbocycles. The predicted octanol–water partition coefficient (Wildman–Crippen LogP) is 1.32. The molecule has 1 rings (SSSR count). The van der Waals surface area contributed by atoms with Crippen LogP contribution in [0.25, 0.3) is 0 Å². The maximum Gasteiger partial charge on any atom is 0.223 e. The van der Waals surface area contributed by atoms with Crippen molar-refractivity contribution in [3.05, 3.63) is 22.2 Å². The lowest BCUT2D eigenvalue weighted by Crippen LogP contribution is -1.95. The molecule has 60 valence electrons. The fourth-order valence-corrected chi connectivity index (χ4v) is 1.05. The zero-order valence-corrected chi connectivity index (χ0v) is 7.10. The van der Waals surface area contributed by atoms with Crippen LogP contribution in [0.3, 0.4) is 0 Å². The van der Waals surface area contributed by atoms with Crippen molar-refractivity contribution in [2.45, 2.75) is 6.42 Å². The predicted molar refractivity (Wildman–Crippen MR) is 42.8 cm³/mol. The minimum Gasteiger partial charge on any atom is -0.396 e. The molecule has 0 aliphatic rings. The van der Waals surface area contributed by atoms with Gasteiger partial charge in [-0.2, -0.15) is 0 Å². The molecule has 1 aromatic heterocycles. The van der Waals surface area contributed by atoms with E-state index in [1.54, 1.807) is 0 Å². The van der Waals surface area contributed by atoms with Crippen LogP contribution in [0.5, 0.6) is 0 Å². The second-order valence-electron chi connectivity index (χ2n) is 1.93. The first-order chi connectivity index (χ1) is 5.24. The summed E-state index contributed by atoms with van der Waals surface area (Å²) in [5.74, 6) is 0. The van der Waals surface area contributed by atoms with E-state index in [2.05, 4.69) is 9.97 Å². The van der Waals surface area contributed by atoms with Crippen LogP contribution in [0.2, 0.25) is 10.4 Å². The van der Waals surface area contributed by atoms with Crippen molar-refractivity contribution in [2.75, 3.05) is 6.61 Å². The Morgan fingerprint density at radius 3 is 2.73 bits per heavy atom. The normalized spacial score (nSPS) is 10.1. The fraction of sp³-hybridized carbons (Fsp3) is 0.333. The average Bonchev–Trinajstić information content (AvgIpc) is 1.95. The lowest BCUT2D eigenvalue weighted by molar-refractivity contribution is 0.299. The Bertz CT molecular complexity index is 254. The lowest BCUT2D eigenvalue weighted by Gasteiger charge is -1.98. The highest BCUT2D eigenvalue weighted by Crippen LogP contribution is 2.13. The first-order valence-corrected chi connectivity index (χ1v) is 3.77. The monoisotopic (exact) mass is 192 g/mol. The van der Waals surface area contributed by atoms with Crippen molar-refractivity contribution in [1.82, 2.24) is 9.97 Å². The molecule has 0 aliphatic heterocycles. The molecule has 0 radical (unpaired) electrons. The number of rotatable bonds is 2. The smallest absolute Gasteiger partial charge is 0.223 e. The van der Waals surface area contributed by atoms with Crippen molar-refractivity contribution in [3.8, 4) is 0 Å². The van der Waals surface area contributed by atoms with Crippen molar-refractivity contribution >= 4 is 23.2 Å². The van der Waals surface area contributed by atoms with Gasteiger partial charge in [0.05, 0.1) is 0 Å². The topological polar surface area (TPSA) is 46.0 Å². The molecule has 5 heteroatoms. The highest BCUT2D eigenvalue weighted by molar-refractivity contribution is 6.32. The second kappa shape index (κ2) is 3.85. The summed E-state index contributed by atoms with van der Waals surface area (Å²) in [6, 6.07) is 0. The van der Waals surface area contributed by atoms with Gasteiger partial charge in [0, 0.05) is 24.8 Å². The van der Waals surface area contributed by atoms with Crippen molar-refractivity contribution in [3.63, 3.8) is 0 Å². The Hall–Kier alpha value is -0.380. The molecule has 1 heterocycles. The zero-order chi connectivity index (χ0) is 8.27. The van der Waals surface area contributed by atoms with Gasteiger partial charge in [0.15, 0.2) is 0 Å². The first kappa shape index (κ1) is 8.71. The third-order valence-corrected chi connectivity index (χ3v) is 1.67. The van der Waals surface area contributed by atoms with Crippen LogP contribution in [0.15, 0.2) is 6.20 Å². The molecule has 0 saturated carbocycles. The van der Waals surface area contributed by atoms with Gasteiger partial charge in [0.1, 0.15) is 5.15 Å². The maximum absolute atomic E-state index is 8.57. The minimum atomic E-state index is 0.0325. The van der Waals surface area contributed by atoms with E-state index in [1.807, 2.05) is 0 Å². The molecular formula is C6H6Cl2N2O. The Balaban J connectivity index is 2.90. The summed E-state index contributed by atoms with van der Waals surface area (Å²) in [7, 11) is 0. The van der Waals surface area contributed by atoms with Crippen molar-refractivity contribution < 1.29 is 5.11 Å². The lowest BCUT2D eigenvalue weighted by atomic mass is 10.3. The number of nitrogens with zero attached hydrogens (tertiary/aromatic N) is 2. The van der Waals surface area contributed by atoms with Gasteiger partial charge >= 0.3 is 0 Å². The number of aliphatic hydroxyl groups excluding tert-OH is 1. The van der Waals surface area contributed by atoms with Crippen LogP contribution in [0.1, 0.15) is 5.56 Å². The van der Waals surface area contributed by atoms with E-state index in [1.165, 1.54) is 6.20 Å². The van der Waals surface area contributed by atoms with E-state index in [4.69, 9.17) is 28.3 Å². The van der Waals surface area contributed by atoms with Crippen molar-refractivity contribution in [1.29, 1.82) is 0 Å². The third kappa shape index (κ3) is 2.29. The highest BCUT2D eigenvalue weighted by atomic mass is 35.5. The number of aliphatic hydroxyl groups is 1. The van der Waals surface area contributed by atoms with Crippen LogP contribution in [0, 0.1) is 0 Å². The van der Waals surface area contributed by atoms with Crippen LogP contribution < -0.4 is 0 Å². The van der Waals surface area contributed by atoms with E-state index in [0.717, 1.165) is 0 Å². The van der Waals surface area contributed by atoms with Gasteiger partial charge in [-0.1, -0.05) is 11.6 Å². The Kier molecular flexibility index (Phi) is 3.05. The number of aromatic nitrogens is 2. The van der Waals surface area contributed by atoms with E-state index in [0.29, 0.717) is 17.1 Å². The summed E-state index contributed by atoms with van der Waals surface area (Å²) in [5.41, 5.74) is 0.707. The van der Waals surface area contributed by atoms with E-state index in [-0.39, 0.29) is 11.9 Å². The summed E-state index contributed by atoms with van der Waals surface area (Å²) >= 11 is 11.1. The third-order valence-electron chi connectivity index (χ3n) is 1.16. The SMILES string of the molecule is OCCc1cnc(Cl)nc1Cl. The molecule has 11 heavy (non-hydrogen) atoms. The average molecular weight is 193 g/mol. The van der Waals surface area contributed by atoms with Gasteiger partial charge in [-0.05, 0) is 11.6 Å². The molecule has 0 amide bonds. The van der Waals surface area contributed by atoms with Crippen LogP contribution >= 0.6 is 23.2 Å². The van der Waals surface area contributed by atoms with E-state index < -0.39 is 0 Å². The summed E-state index contributed by atoms with van der Waals surface area (Å²) < 4.78 is 0. The molecule has 0 spiro atoms. The summed E-state index contributed by atoms with van der Waals surface area (Å²) in [5, 5.41) is 8.99. The van der Waals surface area contributed by atoms with Crippen LogP contribution in [-0.4, -0.2) is 21.7 Å². The molecule has 0 atom stereocenters. The Morgan fingerprint density at radius 1 is 1.45 bits per heavy atom. The quantitative estimate of drug-likeness (QED) is 0.569. The van der Waals surface area contributed by atoms with Crippen LogP contribution in [-0.2, 0) is 6.42 Å². The first-order valence-electron chi connectivity index (χ1n) is 3.02. The molecule has 0 bridgehead atoms. The summed E-state index contributed by atoms with van der Waals surface area (Å²) in [6.07, 6.45) is 1.96. The second-order valence-corrected chi connectivity index (χ2v) is 2.62. The van der Waals surface area contributed by atoms with Crippen molar-refractivity contribution in [2.24, 2.45) is 0 Å². The molecule has 1 N–H and O–H groups in total. The largest absolute Gasteiger partial charge is 0.396 e. The van der Waals surface area contributed by atoms with E-state index >= 15 is 0 Å². The van der Waals surface area contributed by atoms with Gasteiger partial charge in [0.25, 0.3) is 0 Å². The molecule has 3 nitrogen and oxygen atoms in total. The van der Waals surface area contributed by atoms with Gasteiger partial charge in [0.2, 0.25) is 5.28 Å². The van der Waals surface area contributed by atoms with E-state index in [9.17, 15) is 0 Å². The van der Waals surface area contributed by atoms with Crippen LogP contribution in [0.4, 0.5) is 0 Å². The minimum absolute atomic E-state index is 0.0325. The number of hydrogen-bond acceptors (Lipinski definition) is 3. The fourth-order valence-electron chi connectivity index (χ4n) is 0.654. The van der Waals surface area contributed by atoms with Gasteiger partial charge < -0.3 is 5.11 Å². The number of halogens is 2. The highest BCUT2D eigenvalue weighted by Gasteiger charge is 2.01. The molecular weight excluding hydrogens is 187 g/mol. The van der Waals surface area contributed by atoms with Gasteiger partial charge in [-0.3, -0.25) is 0 Å². The number of hydrogen-bond donors (Lipinski definition) is 1. The molecule has 0 saturated heterocycles. The zero-order valence-electron chi connectivity index (χ0n) is 5.59. The Labute approximate surface area is 74.0 Å². The van der Waals surface area contributed by atoms with Gasteiger partial charge in [-0.15, -0.1) is 0 Å². The Morgan fingerprint density at radius 2 is 2.18 bits per heavy atom. The molecule has 0 fully saturated rings. The molecule has 1 aromatic rings. The van der Waals surface area contributed by atoms with Gasteiger partial charge in [-0.25, -0.2) is 9.97 Å². The molecule has 0 unspecified atom stereocenters. The summed E-state index contributed by atoms with van der Waals surface area (Å²) in [4.78, 5) is 7.42. The summed E-state index contributed by atoms with van der Waals surface area (Å²) in [6.45, 7) is 0.0325.